The predicted octanol–water partition coefficient (Wildman–Crippen LogP) is 4.41. The summed E-state index contributed by atoms with van der Waals surface area (Å²) in [5.41, 5.74) is 2.02. The van der Waals surface area contributed by atoms with Gasteiger partial charge in [-0.25, -0.2) is 13.1 Å². The highest BCUT2D eigenvalue weighted by Gasteiger charge is 2.21. The third-order valence-corrected chi connectivity index (χ3v) is 8.15. The fourth-order valence-corrected chi connectivity index (χ4v) is 5.80. The molecule has 0 aliphatic carbocycles. The molecule has 2 rings (SSSR count). The molecule has 2 N–H and O–H groups in total. The summed E-state index contributed by atoms with van der Waals surface area (Å²) < 4.78 is 27.3. The number of thiol groups is 1. The Morgan fingerprint density at radius 3 is 2.28 bits per heavy atom. The van der Waals surface area contributed by atoms with Crippen molar-refractivity contribution in [2.45, 2.75) is 64.8 Å². The third kappa shape index (κ3) is 10.3. The smallest absolute Gasteiger partial charge is 0.264 e. The Bertz CT molecular complexity index is 1210. The number of nitrogens with zero attached hydrogens (tertiary/aromatic N) is 1. The molecule has 2 aromatic rings. The van der Waals surface area contributed by atoms with Crippen molar-refractivity contribution < 1.29 is 22.8 Å². The average Bonchev–Trinajstić information content (AvgIpc) is 2.89. The maximum Gasteiger partial charge on any atom is 0.264 e. The van der Waals surface area contributed by atoms with Crippen LogP contribution in [0.5, 0.6) is 0 Å². The second kappa shape index (κ2) is 15.7. The number of hydrogen-bond donors (Lipinski definition) is 3. The van der Waals surface area contributed by atoms with E-state index in [-0.39, 0.29) is 22.6 Å². The second-order valence-corrected chi connectivity index (χ2v) is 12.1. The van der Waals surface area contributed by atoms with Crippen LogP contribution in [0.1, 0.15) is 58.9 Å². The van der Waals surface area contributed by atoms with Gasteiger partial charge in [0, 0.05) is 50.2 Å². The number of hydrogen-bond acceptors (Lipinski definition) is 6. The van der Waals surface area contributed by atoms with E-state index < -0.39 is 15.9 Å². The first-order chi connectivity index (χ1) is 18.5. The van der Waals surface area contributed by atoms with Gasteiger partial charge < -0.3 is 10.2 Å². The minimum absolute atomic E-state index is 0.0112. The zero-order valence-electron chi connectivity index (χ0n) is 23.3. The molecule has 0 heterocycles. The Labute approximate surface area is 238 Å². The molecule has 39 heavy (non-hydrogen) atoms. The largest absolute Gasteiger partial charge is 0.354 e. The maximum absolute atomic E-state index is 12.9. The molecule has 2 aromatic carbocycles. The van der Waals surface area contributed by atoms with Gasteiger partial charge in [-0.05, 0) is 36.0 Å². The number of amides is 3. The van der Waals surface area contributed by atoms with Gasteiger partial charge in [0.1, 0.15) is 0 Å². The first kappa shape index (κ1) is 32.4. The van der Waals surface area contributed by atoms with E-state index in [1.54, 1.807) is 35.2 Å². The van der Waals surface area contributed by atoms with E-state index in [1.807, 2.05) is 23.8 Å². The molecule has 8 nitrogen and oxygen atoms in total. The summed E-state index contributed by atoms with van der Waals surface area (Å²) in [5.74, 6) is 0.0185. The average molecular weight is 576 g/mol. The van der Waals surface area contributed by atoms with Gasteiger partial charge in [0.05, 0.1) is 4.90 Å². The fraction of sp³-hybridized carbons (Fsp3) is 0.483. The van der Waals surface area contributed by atoms with Crippen molar-refractivity contribution in [1.29, 1.82) is 0 Å². The fourth-order valence-electron chi connectivity index (χ4n) is 4.26. The molecule has 0 spiro atoms. The Hall–Kier alpha value is -2.85. The second-order valence-electron chi connectivity index (χ2n) is 10.1. The Kier molecular flexibility index (Phi) is 13.0. The molecule has 214 valence electrons. The van der Waals surface area contributed by atoms with Crippen LogP contribution in [0.2, 0.25) is 0 Å². The lowest BCUT2D eigenvalue weighted by atomic mass is 9.98. The van der Waals surface area contributed by atoms with Crippen LogP contribution >= 0.6 is 12.6 Å². The summed E-state index contributed by atoms with van der Waals surface area (Å²) >= 11 is 4.32. The summed E-state index contributed by atoms with van der Waals surface area (Å²) in [5, 5.41) is 2.96. The van der Waals surface area contributed by atoms with Crippen molar-refractivity contribution in [3.63, 3.8) is 0 Å². The molecule has 1 atom stereocenters. The van der Waals surface area contributed by atoms with Gasteiger partial charge >= 0.3 is 0 Å². The predicted molar refractivity (Wildman–Crippen MR) is 158 cm³/mol. The highest BCUT2D eigenvalue weighted by atomic mass is 32.2. The van der Waals surface area contributed by atoms with Crippen LogP contribution in [-0.4, -0.2) is 49.9 Å². The van der Waals surface area contributed by atoms with E-state index in [0.717, 1.165) is 31.7 Å². The van der Waals surface area contributed by atoms with Gasteiger partial charge in [-0.15, -0.1) is 0 Å². The number of benzene rings is 2. The van der Waals surface area contributed by atoms with Crippen LogP contribution in [0.3, 0.4) is 0 Å². The van der Waals surface area contributed by atoms with E-state index in [4.69, 9.17) is 0 Å². The van der Waals surface area contributed by atoms with Gasteiger partial charge in [0.25, 0.3) is 10.0 Å². The number of carbonyl (C=O) groups is 3. The monoisotopic (exact) mass is 575 g/mol. The highest BCUT2D eigenvalue weighted by Crippen LogP contribution is 2.27. The molecule has 0 fully saturated rings. The van der Waals surface area contributed by atoms with Crippen LogP contribution < -0.4 is 10.0 Å². The molecule has 0 saturated carbocycles. The minimum Gasteiger partial charge on any atom is -0.354 e. The van der Waals surface area contributed by atoms with Gasteiger partial charge in [-0.2, -0.15) is 12.6 Å². The summed E-state index contributed by atoms with van der Waals surface area (Å²) in [6.07, 6.45) is 2.89. The summed E-state index contributed by atoms with van der Waals surface area (Å²) in [6.45, 7) is 8.44. The molecular weight excluding hydrogens is 534 g/mol. The van der Waals surface area contributed by atoms with Crippen molar-refractivity contribution in [2.24, 2.45) is 11.8 Å². The van der Waals surface area contributed by atoms with Gasteiger partial charge in [0.2, 0.25) is 17.7 Å². The lowest BCUT2D eigenvalue weighted by molar-refractivity contribution is -0.132. The molecule has 3 amide bonds. The van der Waals surface area contributed by atoms with Crippen LogP contribution in [0.15, 0.2) is 53.4 Å². The summed E-state index contributed by atoms with van der Waals surface area (Å²) in [7, 11) is -4.01. The van der Waals surface area contributed by atoms with Gasteiger partial charge in [0.15, 0.2) is 0 Å². The molecule has 0 unspecified atom stereocenters. The third-order valence-electron chi connectivity index (χ3n) is 6.22. The molecule has 0 bridgehead atoms. The quantitative estimate of drug-likeness (QED) is 0.273. The van der Waals surface area contributed by atoms with E-state index in [2.05, 4.69) is 31.8 Å². The normalized spacial score (nSPS) is 12.2. The van der Waals surface area contributed by atoms with Crippen molar-refractivity contribution in [2.75, 3.05) is 18.8 Å². The van der Waals surface area contributed by atoms with Crippen molar-refractivity contribution in [3.8, 4) is 11.1 Å². The van der Waals surface area contributed by atoms with E-state index >= 15 is 0 Å². The van der Waals surface area contributed by atoms with E-state index in [1.165, 1.54) is 6.07 Å². The maximum atomic E-state index is 12.9. The highest BCUT2D eigenvalue weighted by molar-refractivity contribution is 7.90. The van der Waals surface area contributed by atoms with Crippen molar-refractivity contribution >= 4 is 40.4 Å². The first-order valence-corrected chi connectivity index (χ1v) is 15.5. The van der Waals surface area contributed by atoms with Crippen LogP contribution in [0.4, 0.5) is 0 Å². The lowest BCUT2D eigenvalue weighted by Crippen LogP contribution is -2.40. The van der Waals surface area contributed by atoms with E-state index in [9.17, 15) is 22.8 Å². The molecular formula is C29H41N3O5S2. The molecule has 0 radical (unpaired) electrons. The van der Waals surface area contributed by atoms with Crippen LogP contribution in [0, 0.1) is 11.8 Å². The summed E-state index contributed by atoms with van der Waals surface area (Å²) in [6, 6.07) is 13.8. The summed E-state index contributed by atoms with van der Waals surface area (Å²) in [4.78, 5) is 38.7. The Balaban J connectivity index is 2.17. The standard InChI is InChI=1S/C29H41N3O5S2/c1-5-6-11-28(34)32(17-16-30-29(35)25(20-38)18-21(2)3)19-23-12-14-24(15-13-23)26-9-7-8-10-27(26)39(36,37)31-22(4)33/h7-10,12-15,21,25,38H,5-6,11,16-20H2,1-4H3,(H,30,35)(H,31,33)/t25-/m1/s1. The topological polar surface area (TPSA) is 113 Å². The molecule has 10 heteroatoms. The molecule has 0 saturated heterocycles. The number of sulfonamides is 1. The SMILES string of the molecule is CCCCC(=O)N(CCNC(=O)[C@@H](CS)CC(C)C)Cc1ccc(-c2ccccc2S(=O)(=O)NC(C)=O)cc1. The zero-order chi connectivity index (χ0) is 29.0. The molecule has 0 aliphatic rings. The number of carbonyl (C=O) groups excluding carboxylic acids is 3. The minimum atomic E-state index is -4.01. The van der Waals surface area contributed by atoms with E-state index in [0.29, 0.717) is 48.9 Å². The zero-order valence-corrected chi connectivity index (χ0v) is 25.0. The Morgan fingerprint density at radius 2 is 1.69 bits per heavy atom. The molecule has 0 aromatic heterocycles. The lowest BCUT2D eigenvalue weighted by Gasteiger charge is -2.24. The van der Waals surface area contributed by atoms with Crippen LogP contribution in [0.25, 0.3) is 11.1 Å². The number of rotatable bonds is 15. The van der Waals surface area contributed by atoms with Crippen LogP contribution in [-0.2, 0) is 31.0 Å². The molecule has 0 aliphatic heterocycles. The number of nitrogens with one attached hydrogen (secondary N) is 2. The number of unbranched alkanes of at least 4 members (excludes halogenated alkanes) is 1. The van der Waals surface area contributed by atoms with Crippen molar-refractivity contribution in [3.05, 3.63) is 54.1 Å². The van der Waals surface area contributed by atoms with Crippen molar-refractivity contribution in [1.82, 2.24) is 14.9 Å². The van der Waals surface area contributed by atoms with Gasteiger partial charge in [-0.1, -0.05) is 69.7 Å². The first-order valence-electron chi connectivity index (χ1n) is 13.4. The van der Waals surface area contributed by atoms with Gasteiger partial charge in [-0.3, -0.25) is 14.4 Å². The Morgan fingerprint density at radius 1 is 1.03 bits per heavy atom.